The van der Waals surface area contributed by atoms with Gasteiger partial charge in [-0.3, -0.25) is 14.5 Å². The average Bonchev–Trinajstić information content (AvgIpc) is 3.03. The van der Waals surface area contributed by atoms with E-state index in [1.165, 1.54) is 6.07 Å². The summed E-state index contributed by atoms with van der Waals surface area (Å²) in [7, 11) is 1.87. The van der Waals surface area contributed by atoms with Gasteiger partial charge in [-0.15, -0.1) is 0 Å². The van der Waals surface area contributed by atoms with Crippen molar-refractivity contribution >= 4 is 11.8 Å². The summed E-state index contributed by atoms with van der Waals surface area (Å²) in [5.74, 6) is -2.46. The Morgan fingerprint density at radius 2 is 1.85 bits per heavy atom. The Labute approximate surface area is 156 Å². The molecule has 2 atom stereocenters. The predicted octanol–water partition coefficient (Wildman–Crippen LogP) is 2.26. The second-order valence-corrected chi connectivity index (χ2v) is 6.61. The average molecular weight is 373 g/mol. The van der Waals surface area contributed by atoms with Crippen molar-refractivity contribution in [3.63, 3.8) is 0 Å². The van der Waals surface area contributed by atoms with E-state index in [0.717, 1.165) is 12.1 Å². The Kier molecular flexibility index (Phi) is 5.81. The molecule has 7 heteroatoms. The second kappa shape index (κ2) is 8.26. The Hall–Kier alpha value is -2.80. The normalized spacial score (nSPS) is 19.7. The summed E-state index contributed by atoms with van der Waals surface area (Å²) in [4.78, 5) is 26.3. The molecule has 0 radical (unpaired) electrons. The highest BCUT2D eigenvalue weighted by atomic mass is 19.2. The van der Waals surface area contributed by atoms with Crippen LogP contribution in [0.3, 0.4) is 0 Å². The molecule has 3 rings (SSSR count). The van der Waals surface area contributed by atoms with E-state index in [1.807, 2.05) is 11.9 Å². The molecule has 0 unspecified atom stereocenters. The molecular formula is C20H21F2N3O2. The second-order valence-electron chi connectivity index (χ2n) is 6.61. The first-order valence-electron chi connectivity index (χ1n) is 8.73. The molecule has 2 amide bonds. The van der Waals surface area contributed by atoms with E-state index in [0.29, 0.717) is 24.1 Å². The maximum Gasteiger partial charge on any atom is 0.251 e. The van der Waals surface area contributed by atoms with Crippen LogP contribution in [0, 0.1) is 11.6 Å². The van der Waals surface area contributed by atoms with Gasteiger partial charge in [0.15, 0.2) is 11.6 Å². The Morgan fingerprint density at radius 3 is 2.56 bits per heavy atom. The lowest BCUT2D eigenvalue weighted by Gasteiger charge is -2.26. The number of likely N-dealkylation sites (tertiary alicyclic amines) is 1. The van der Waals surface area contributed by atoms with E-state index in [2.05, 4.69) is 10.6 Å². The van der Waals surface area contributed by atoms with E-state index in [-0.39, 0.29) is 30.4 Å². The number of nitrogens with zero attached hydrogens (tertiary/aromatic N) is 1. The van der Waals surface area contributed by atoms with Gasteiger partial charge in [0.25, 0.3) is 5.91 Å². The van der Waals surface area contributed by atoms with Gasteiger partial charge in [0.1, 0.15) is 0 Å². The minimum atomic E-state index is -0.909. The number of carbonyl (C=O) groups excluding carboxylic acids is 2. The molecule has 27 heavy (non-hydrogen) atoms. The molecule has 2 N–H and O–H groups in total. The summed E-state index contributed by atoms with van der Waals surface area (Å²) in [6.07, 6.45) is 0.679. The maximum absolute atomic E-state index is 13.6. The van der Waals surface area contributed by atoms with Crippen molar-refractivity contribution in [1.29, 1.82) is 0 Å². The van der Waals surface area contributed by atoms with Crippen LogP contribution in [0.15, 0.2) is 48.5 Å². The number of halogens is 2. The fourth-order valence-corrected chi connectivity index (χ4v) is 3.39. The molecule has 0 bridgehead atoms. The molecule has 0 aliphatic carbocycles. The van der Waals surface area contributed by atoms with E-state index < -0.39 is 11.6 Å². The van der Waals surface area contributed by atoms with Gasteiger partial charge in [0.2, 0.25) is 5.91 Å². The van der Waals surface area contributed by atoms with Crippen LogP contribution in [0.4, 0.5) is 8.78 Å². The minimum Gasteiger partial charge on any atom is -0.350 e. The number of amides is 2. The molecule has 1 aliphatic heterocycles. The zero-order valence-electron chi connectivity index (χ0n) is 14.9. The summed E-state index contributed by atoms with van der Waals surface area (Å²) in [5.41, 5.74) is 1.08. The fourth-order valence-electron chi connectivity index (χ4n) is 3.39. The molecule has 2 aromatic rings. The summed E-state index contributed by atoms with van der Waals surface area (Å²) in [6, 6.07) is 11.9. The van der Waals surface area contributed by atoms with Crippen molar-refractivity contribution in [3.05, 3.63) is 71.3 Å². The third-order valence-electron chi connectivity index (χ3n) is 4.73. The van der Waals surface area contributed by atoms with Gasteiger partial charge >= 0.3 is 0 Å². The van der Waals surface area contributed by atoms with E-state index >= 15 is 0 Å². The number of hydrogen-bond donors (Lipinski definition) is 2. The molecule has 0 saturated carbocycles. The molecule has 1 saturated heterocycles. The third-order valence-corrected chi connectivity index (χ3v) is 4.73. The van der Waals surface area contributed by atoms with Gasteiger partial charge in [-0.05, 0) is 43.3 Å². The van der Waals surface area contributed by atoms with Crippen LogP contribution in [0.1, 0.15) is 28.4 Å². The van der Waals surface area contributed by atoms with Crippen molar-refractivity contribution < 1.29 is 18.4 Å². The topological polar surface area (TPSA) is 61.4 Å². The van der Waals surface area contributed by atoms with Gasteiger partial charge in [-0.25, -0.2) is 8.78 Å². The predicted molar refractivity (Wildman–Crippen MR) is 97.1 cm³/mol. The van der Waals surface area contributed by atoms with E-state index in [9.17, 15) is 18.4 Å². The molecule has 1 heterocycles. The van der Waals surface area contributed by atoms with Crippen LogP contribution in [-0.2, 0) is 4.79 Å². The van der Waals surface area contributed by atoms with E-state index in [4.69, 9.17) is 0 Å². The molecule has 0 aromatic heterocycles. The molecular weight excluding hydrogens is 352 g/mol. The number of nitrogens with one attached hydrogen (secondary N) is 2. The SMILES string of the molecule is CN1CC[C@@H](NC(=O)CNC(=O)c2ccccc2)[C@H]1c1ccc(F)c(F)c1. The van der Waals surface area contributed by atoms with Crippen LogP contribution in [0.5, 0.6) is 0 Å². The third kappa shape index (κ3) is 4.49. The standard InChI is InChI=1S/C20H21F2N3O2/c1-25-10-9-17(19(25)14-7-8-15(21)16(22)11-14)24-18(26)12-23-20(27)13-5-3-2-4-6-13/h2-8,11,17,19H,9-10,12H2,1H3,(H,23,27)(H,24,26)/t17-,19-/m1/s1. The van der Waals surface area contributed by atoms with Crippen molar-refractivity contribution in [2.24, 2.45) is 0 Å². The van der Waals surface area contributed by atoms with Crippen LogP contribution in [-0.4, -0.2) is 42.9 Å². The number of rotatable bonds is 5. The van der Waals surface area contributed by atoms with Gasteiger partial charge in [-0.2, -0.15) is 0 Å². The van der Waals surface area contributed by atoms with Crippen LogP contribution in [0.2, 0.25) is 0 Å². The van der Waals surface area contributed by atoms with Crippen LogP contribution in [0.25, 0.3) is 0 Å². The maximum atomic E-state index is 13.6. The highest BCUT2D eigenvalue weighted by Gasteiger charge is 2.34. The number of hydrogen-bond acceptors (Lipinski definition) is 3. The Bertz CT molecular complexity index is 829. The number of likely N-dealkylation sites (N-methyl/N-ethyl adjacent to an activating group) is 1. The van der Waals surface area contributed by atoms with Gasteiger partial charge in [0.05, 0.1) is 12.6 Å². The van der Waals surface area contributed by atoms with Crippen molar-refractivity contribution in [3.8, 4) is 0 Å². The van der Waals surface area contributed by atoms with E-state index in [1.54, 1.807) is 30.3 Å². The lowest BCUT2D eigenvalue weighted by molar-refractivity contribution is -0.121. The molecule has 2 aromatic carbocycles. The van der Waals surface area contributed by atoms with Gasteiger partial charge in [-0.1, -0.05) is 24.3 Å². The van der Waals surface area contributed by atoms with Crippen molar-refractivity contribution in [2.75, 3.05) is 20.1 Å². The fraction of sp³-hybridized carbons (Fsp3) is 0.300. The van der Waals surface area contributed by atoms with Crippen LogP contribution >= 0.6 is 0 Å². The Morgan fingerprint density at radius 1 is 1.11 bits per heavy atom. The number of carbonyl (C=O) groups is 2. The lowest BCUT2D eigenvalue weighted by atomic mass is 10.00. The van der Waals surface area contributed by atoms with Crippen molar-refractivity contribution in [1.82, 2.24) is 15.5 Å². The summed E-state index contributed by atoms with van der Waals surface area (Å²) in [6.45, 7) is 0.559. The first-order valence-corrected chi connectivity index (χ1v) is 8.73. The molecule has 0 spiro atoms. The zero-order valence-corrected chi connectivity index (χ0v) is 14.9. The highest BCUT2D eigenvalue weighted by molar-refractivity contribution is 5.96. The smallest absolute Gasteiger partial charge is 0.251 e. The summed E-state index contributed by atoms with van der Waals surface area (Å²) in [5, 5.41) is 5.47. The van der Waals surface area contributed by atoms with Gasteiger partial charge in [0, 0.05) is 18.2 Å². The molecule has 1 aliphatic rings. The Balaban J connectivity index is 1.60. The first-order chi connectivity index (χ1) is 13.0. The van der Waals surface area contributed by atoms with Crippen molar-refractivity contribution in [2.45, 2.75) is 18.5 Å². The largest absolute Gasteiger partial charge is 0.350 e. The molecule has 5 nitrogen and oxygen atoms in total. The number of benzene rings is 2. The molecule has 142 valence electrons. The highest BCUT2D eigenvalue weighted by Crippen LogP contribution is 2.31. The van der Waals surface area contributed by atoms with Gasteiger partial charge < -0.3 is 10.6 Å². The summed E-state index contributed by atoms with van der Waals surface area (Å²) < 4.78 is 26.8. The molecule has 1 fully saturated rings. The lowest BCUT2D eigenvalue weighted by Crippen LogP contribution is -2.44. The quantitative estimate of drug-likeness (QED) is 0.845. The minimum absolute atomic E-state index is 0.154. The van der Waals surface area contributed by atoms with Crippen LogP contribution < -0.4 is 10.6 Å². The summed E-state index contributed by atoms with van der Waals surface area (Å²) >= 11 is 0. The zero-order chi connectivity index (χ0) is 19.4. The monoisotopic (exact) mass is 373 g/mol. The first kappa shape index (κ1) is 19.0.